The van der Waals surface area contributed by atoms with Crippen LogP contribution in [-0.2, 0) is 8.85 Å². The first-order valence-corrected chi connectivity index (χ1v) is 8.14. The molecule has 0 saturated carbocycles. The molecule has 0 spiro atoms. The summed E-state index contributed by atoms with van der Waals surface area (Å²) in [6.45, 7) is 6.53. The second-order valence-electron chi connectivity index (χ2n) is 2.67. The van der Waals surface area contributed by atoms with Gasteiger partial charge in [0.1, 0.15) is 5.56 Å². The van der Waals surface area contributed by atoms with Crippen LogP contribution in [0.3, 0.4) is 0 Å². The molecule has 5 heteroatoms. The average molecular weight is 276 g/mol. The van der Waals surface area contributed by atoms with Gasteiger partial charge in [-0.25, -0.2) is 0 Å². The fourth-order valence-corrected chi connectivity index (χ4v) is 5.68. The molecule has 2 unspecified atom stereocenters. The molecule has 2 nitrogen and oxygen atoms in total. The molecule has 0 aromatic rings. The highest BCUT2D eigenvalue weighted by Crippen LogP contribution is 2.18. The first-order chi connectivity index (χ1) is 5.54. The lowest BCUT2D eigenvalue weighted by atomic mass is 10.9. The molecule has 0 aromatic heterocycles. The van der Waals surface area contributed by atoms with Gasteiger partial charge in [-0.05, 0) is 20.4 Å². The second-order valence-corrected chi connectivity index (χ2v) is 7.37. The van der Waals surface area contributed by atoms with Crippen LogP contribution in [0.5, 0.6) is 0 Å². The number of alkyl halides is 2. The van der Waals surface area contributed by atoms with Gasteiger partial charge in [-0.3, -0.25) is 0 Å². The first kappa shape index (κ1) is 12.9. The molecule has 0 heterocycles. The van der Waals surface area contributed by atoms with Crippen molar-refractivity contribution in [2.75, 3.05) is 11.9 Å². The van der Waals surface area contributed by atoms with Crippen LogP contribution in [0.1, 0.15) is 13.8 Å². The molecule has 0 aliphatic heterocycles. The normalized spacial score (nSPS) is 18.8. The SMILES string of the molecule is CCO[Si](C)(CCBr)OC(C)Cl. The fourth-order valence-electron chi connectivity index (χ4n) is 0.986. The molecule has 0 aliphatic carbocycles. The molecular weight excluding hydrogens is 260 g/mol. The summed E-state index contributed by atoms with van der Waals surface area (Å²) in [7, 11) is -1.99. The maximum atomic E-state index is 5.75. The van der Waals surface area contributed by atoms with Gasteiger partial charge < -0.3 is 8.85 Å². The third kappa shape index (κ3) is 5.53. The van der Waals surface area contributed by atoms with Crippen LogP contribution in [0, 0.1) is 0 Å². The van der Waals surface area contributed by atoms with Crippen LogP contribution < -0.4 is 0 Å². The van der Waals surface area contributed by atoms with Crippen molar-refractivity contribution < 1.29 is 8.85 Å². The summed E-state index contributed by atoms with van der Waals surface area (Å²) < 4.78 is 11.2. The third-order valence-electron chi connectivity index (χ3n) is 1.41. The monoisotopic (exact) mass is 274 g/mol. The lowest BCUT2D eigenvalue weighted by molar-refractivity contribution is 0.173. The Kier molecular flexibility index (Phi) is 6.86. The Morgan fingerprint density at radius 2 is 2.17 bits per heavy atom. The van der Waals surface area contributed by atoms with E-state index in [1.54, 1.807) is 0 Å². The first-order valence-electron chi connectivity index (χ1n) is 4.06. The minimum atomic E-state index is -1.99. The summed E-state index contributed by atoms with van der Waals surface area (Å²) in [6.07, 6.45) is 0. The molecule has 0 saturated heterocycles. The van der Waals surface area contributed by atoms with Gasteiger partial charge in [0.2, 0.25) is 0 Å². The zero-order chi connectivity index (χ0) is 9.61. The van der Waals surface area contributed by atoms with E-state index in [2.05, 4.69) is 15.9 Å². The molecule has 0 aliphatic rings. The molecule has 0 bridgehead atoms. The van der Waals surface area contributed by atoms with Crippen molar-refractivity contribution in [3.63, 3.8) is 0 Å². The van der Waals surface area contributed by atoms with Gasteiger partial charge in [-0.2, -0.15) is 0 Å². The molecular formula is C7H16BrClO2Si. The van der Waals surface area contributed by atoms with Gasteiger partial charge in [0.05, 0.1) is 0 Å². The second kappa shape index (κ2) is 6.37. The predicted octanol–water partition coefficient (Wildman–Crippen LogP) is 3.09. The zero-order valence-electron chi connectivity index (χ0n) is 7.77. The third-order valence-corrected chi connectivity index (χ3v) is 5.69. The van der Waals surface area contributed by atoms with Gasteiger partial charge in [0.25, 0.3) is 0 Å². The van der Waals surface area contributed by atoms with Crippen LogP contribution in [0.2, 0.25) is 12.6 Å². The Morgan fingerprint density at radius 1 is 1.58 bits per heavy atom. The fraction of sp³-hybridized carbons (Fsp3) is 1.00. The highest BCUT2D eigenvalue weighted by atomic mass is 79.9. The lowest BCUT2D eigenvalue weighted by Crippen LogP contribution is -2.40. The van der Waals surface area contributed by atoms with Crippen molar-refractivity contribution in [2.24, 2.45) is 0 Å². The van der Waals surface area contributed by atoms with Gasteiger partial charge in [-0.15, -0.1) is 0 Å². The molecule has 0 amide bonds. The largest absolute Gasteiger partial charge is 0.395 e. The Balaban J connectivity index is 3.98. The van der Waals surface area contributed by atoms with E-state index in [4.69, 9.17) is 20.5 Å². The number of hydrogen-bond acceptors (Lipinski definition) is 2. The lowest BCUT2D eigenvalue weighted by Gasteiger charge is -2.27. The highest BCUT2D eigenvalue weighted by molar-refractivity contribution is 9.09. The Hall–Kier alpha value is 0.907. The van der Waals surface area contributed by atoms with Gasteiger partial charge >= 0.3 is 8.56 Å². The van der Waals surface area contributed by atoms with Gasteiger partial charge in [-0.1, -0.05) is 27.5 Å². The van der Waals surface area contributed by atoms with E-state index in [-0.39, 0.29) is 5.56 Å². The summed E-state index contributed by atoms with van der Waals surface area (Å²) in [5.41, 5.74) is -0.257. The number of halogens is 2. The van der Waals surface area contributed by atoms with E-state index in [9.17, 15) is 0 Å². The van der Waals surface area contributed by atoms with Crippen LogP contribution in [0.4, 0.5) is 0 Å². The molecule has 0 N–H and O–H groups in total. The summed E-state index contributed by atoms with van der Waals surface area (Å²) in [6, 6.07) is 0.928. The number of rotatable bonds is 6. The van der Waals surface area contributed by atoms with Gasteiger partial charge in [0, 0.05) is 18.0 Å². The summed E-state index contributed by atoms with van der Waals surface area (Å²) in [5.74, 6) is 0. The molecule has 0 rings (SSSR count). The Labute approximate surface area is 89.0 Å². The molecule has 12 heavy (non-hydrogen) atoms. The maximum Gasteiger partial charge on any atom is 0.336 e. The van der Waals surface area contributed by atoms with Crippen molar-refractivity contribution in [2.45, 2.75) is 32.0 Å². The van der Waals surface area contributed by atoms with Gasteiger partial charge in [0.15, 0.2) is 0 Å². The summed E-state index contributed by atoms with van der Waals surface area (Å²) in [5, 5.41) is 0.902. The molecule has 2 atom stereocenters. The van der Waals surface area contributed by atoms with E-state index in [1.807, 2.05) is 20.4 Å². The summed E-state index contributed by atoms with van der Waals surface area (Å²) >= 11 is 9.13. The molecule has 0 radical (unpaired) electrons. The van der Waals surface area contributed by atoms with Crippen LogP contribution in [0.25, 0.3) is 0 Å². The van der Waals surface area contributed by atoms with Crippen molar-refractivity contribution in [3.8, 4) is 0 Å². The quantitative estimate of drug-likeness (QED) is 0.548. The van der Waals surface area contributed by atoms with Crippen molar-refractivity contribution in [3.05, 3.63) is 0 Å². The van der Waals surface area contributed by atoms with E-state index < -0.39 is 8.56 Å². The highest BCUT2D eigenvalue weighted by Gasteiger charge is 2.31. The predicted molar refractivity (Wildman–Crippen MR) is 58.2 cm³/mol. The van der Waals surface area contributed by atoms with E-state index >= 15 is 0 Å². The molecule has 0 fully saturated rings. The van der Waals surface area contributed by atoms with E-state index in [1.165, 1.54) is 0 Å². The zero-order valence-corrected chi connectivity index (χ0v) is 11.1. The van der Waals surface area contributed by atoms with E-state index in [0.29, 0.717) is 6.61 Å². The Morgan fingerprint density at radius 3 is 2.50 bits per heavy atom. The van der Waals surface area contributed by atoms with Crippen LogP contribution in [0.15, 0.2) is 0 Å². The average Bonchev–Trinajstić information content (AvgIpc) is 1.85. The minimum Gasteiger partial charge on any atom is -0.395 e. The van der Waals surface area contributed by atoms with Crippen molar-refractivity contribution >= 4 is 36.1 Å². The molecule has 74 valence electrons. The van der Waals surface area contributed by atoms with Crippen molar-refractivity contribution in [1.29, 1.82) is 0 Å². The van der Waals surface area contributed by atoms with Crippen molar-refractivity contribution in [1.82, 2.24) is 0 Å². The minimum absolute atomic E-state index is 0.257. The Bertz CT molecular complexity index is 118. The smallest absolute Gasteiger partial charge is 0.336 e. The topological polar surface area (TPSA) is 18.5 Å². The van der Waals surface area contributed by atoms with E-state index in [0.717, 1.165) is 11.4 Å². The molecule has 0 aromatic carbocycles. The summed E-state index contributed by atoms with van der Waals surface area (Å²) in [4.78, 5) is 0. The van der Waals surface area contributed by atoms with Crippen LogP contribution in [-0.4, -0.2) is 26.1 Å². The number of hydrogen-bond donors (Lipinski definition) is 0. The standard InChI is InChI=1S/C7H16BrClO2Si/c1-4-10-12(3,6-5-8)11-7(2)9/h7H,4-6H2,1-3H3. The maximum absolute atomic E-state index is 5.75. The van der Waals surface area contributed by atoms with Crippen LogP contribution >= 0.6 is 27.5 Å².